The number of carbonyl (C=O) groups is 1. The predicted octanol–water partition coefficient (Wildman–Crippen LogP) is 5.41. The van der Waals surface area contributed by atoms with E-state index in [9.17, 15) is 4.79 Å². The zero-order valence-electron chi connectivity index (χ0n) is 16.7. The minimum absolute atomic E-state index is 0.0601. The Morgan fingerprint density at radius 3 is 2.52 bits per heavy atom. The normalized spacial score (nSPS) is 12.3. The number of carbonyl (C=O) groups excluding carboxylic acids is 1. The molecule has 3 aromatic rings. The van der Waals surface area contributed by atoms with Crippen LogP contribution in [-0.4, -0.2) is 17.0 Å². The quantitative estimate of drug-likeness (QED) is 0.534. The molecule has 1 heterocycles. The van der Waals surface area contributed by atoms with E-state index in [1.165, 1.54) is 27.6 Å². The first-order valence-electron chi connectivity index (χ1n) is 10.0. The Kier molecular flexibility index (Phi) is 6.33. The van der Waals surface area contributed by atoms with Gasteiger partial charge in [-0.2, -0.15) is 0 Å². The van der Waals surface area contributed by atoms with Crippen LogP contribution in [0, 0.1) is 6.92 Å². The molecule has 0 fully saturated rings. The first kappa shape index (κ1) is 19.2. The van der Waals surface area contributed by atoms with Crippen LogP contribution in [0.5, 0.6) is 0 Å². The molecule has 3 nitrogen and oxygen atoms in total. The van der Waals surface area contributed by atoms with Crippen LogP contribution >= 0.6 is 0 Å². The Morgan fingerprint density at radius 2 is 1.81 bits per heavy atom. The minimum Gasteiger partial charge on any atom is -0.356 e. The maximum absolute atomic E-state index is 12.6. The first-order chi connectivity index (χ1) is 13.1. The van der Waals surface area contributed by atoms with Crippen LogP contribution in [-0.2, 0) is 11.3 Å². The first-order valence-corrected chi connectivity index (χ1v) is 10.0. The average Bonchev–Trinajstić information content (AvgIpc) is 3.06. The fourth-order valence-electron chi connectivity index (χ4n) is 3.68. The van der Waals surface area contributed by atoms with Gasteiger partial charge in [0.1, 0.15) is 0 Å². The zero-order chi connectivity index (χ0) is 19.2. The van der Waals surface area contributed by atoms with Gasteiger partial charge in [0, 0.05) is 42.5 Å². The van der Waals surface area contributed by atoms with Crippen molar-refractivity contribution < 1.29 is 4.79 Å². The predicted molar refractivity (Wildman–Crippen MR) is 113 cm³/mol. The Labute approximate surface area is 162 Å². The van der Waals surface area contributed by atoms with Crippen molar-refractivity contribution in [3.8, 4) is 0 Å². The van der Waals surface area contributed by atoms with Crippen molar-refractivity contribution in [3.05, 3.63) is 71.4 Å². The van der Waals surface area contributed by atoms with Gasteiger partial charge in [-0.3, -0.25) is 4.79 Å². The molecule has 0 radical (unpaired) electrons. The van der Waals surface area contributed by atoms with Crippen molar-refractivity contribution in [3.63, 3.8) is 0 Å². The molecule has 27 heavy (non-hydrogen) atoms. The lowest BCUT2D eigenvalue weighted by molar-refractivity contribution is -0.121. The number of fused-ring (bicyclic) bond motifs is 1. The third-order valence-corrected chi connectivity index (χ3v) is 5.26. The van der Waals surface area contributed by atoms with Gasteiger partial charge in [0.15, 0.2) is 0 Å². The number of para-hydroxylation sites is 1. The van der Waals surface area contributed by atoms with Crippen LogP contribution in [0.2, 0.25) is 0 Å². The number of benzene rings is 2. The molecular weight excluding hydrogens is 332 g/mol. The third kappa shape index (κ3) is 4.41. The highest BCUT2D eigenvalue weighted by molar-refractivity contribution is 5.86. The number of nitrogens with one attached hydrogen (secondary N) is 1. The highest BCUT2D eigenvalue weighted by atomic mass is 16.1. The second-order valence-corrected chi connectivity index (χ2v) is 7.26. The van der Waals surface area contributed by atoms with E-state index in [1.54, 1.807) is 0 Å². The van der Waals surface area contributed by atoms with E-state index in [1.807, 2.05) is 0 Å². The SMILES string of the molecule is CCCCNC(=O)C[C@@H](c1ccc(C)cc1)c1cn(CC)c2ccccc12. The van der Waals surface area contributed by atoms with Gasteiger partial charge < -0.3 is 9.88 Å². The fraction of sp³-hybridized carbons (Fsp3) is 0.375. The lowest BCUT2D eigenvalue weighted by Gasteiger charge is -2.17. The standard InChI is InChI=1S/C24H30N2O/c1-4-6-15-25-24(27)16-21(19-13-11-18(3)12-14-19)22-17-26(5-2)23-10-8-7-9-20(22)23/h7-14,17,21H,4-6,15-16H2,1-3H3,(H,25,27)/t21-/m0/s1. The summed E-state index contributed by atoms with van der Waals surface area (Å²) in [7, 11) is 0. The van der Waals surface area contributed by atoms with Gasteiger partial charge in [0.25, 0.3) is 0 Å². The Balaban J connectivity index is 1.99. The van der Waals surface area contributed by atoms with Crippen LogP contribution in [0.25, 0.3) is 10.9 Å². The number of amides is 1. The molecule has 0 bridgehead atoms. The largest absolute Gasteiger partial charge is 0.356 e. The molecule has 0 saturated carbocycles. The molecule has 1 atom stereocenters. The molecule has 0 unspecified atom stereocenters. The summed E-state index contributed by atoms with van der Waals surface area (Å²) in [6, 6.07) is 17.1. The summed E-state index contributed by atoms with van der Waals surface area (Å²) >= 11 is 0. The topological polar surface area (TPSA) is 34.0 Å². The van der Waals surface area contributed by atoms with Crippen LogP contribution in [0.3, 0.4) is 0 Å². The lowest BCUT2D eigenvalue weighted by atomic mass is 9.87. The Bertz CT molecular complexity index is 892. The molecule has 142 valence electrons. The monoisotopic (exact) mass is 362 g/mol. The van der Waals surface area contributed by atoms with Gasteiger partial charge in [0.2, 0.25) is 5.91 Å². The molecule has 3 rings (SSSR count). The summed E-state index contributed by atoms with van der Waals surface area (Å²) in [5, 5.41) is 4.33. The Hall–Kier alpha value is -2.55. The molecule has 2 aromatic carbocycles. The van der Waals surface area contributed by atoms with E-state index >= 15 is 0 Å². The molecule has 0 spiro atoms. The van der Waals surface area contributed by atoms with Gasteiger partial charge in [-0.1, -0.05) is 61.4 Å². The maximum atomic E-state index is 12.6. The molecular formula is C24H30N2O. The summed E-state index contributed by atoms with van der Waals surface area (Å²) in [4.78, 5) is 12.6. The number of rotatable bonds is 8. The molecule has 1 amide bonds. The van der Waals surface area contributed by atoms with Gasteiger partial charge in [0.05, 0.1) is 0 Å². The van der Waals surface area contributed by atoms with E-state index in [2.05, 4.69) is 85.4 Å². The molecule has 0 aliphatic rings. The van der Waals surface area contributed by atoms with Crippen LogP contribution < -0.4 is 5.32 Å². The fourth-order valence-corrected chi connectivity index (χ4v) is 3.68. The summed E-state index contributed by atoms with van der Waals surface area (Å²) in [6.07, 6.45) is 4.82. The van der Waals surface area contributed by atoms with Crippen molar-refractivity contribution in [2.45, 2.75) is 52.5 Å². The second kappa shape index (κ2) is 8.90. The van der Waals surface area contributed by atoms with E-state index in [0.29, 0.717) is 6.42 Å². The summed E-state index contributed by atoms with van der Waals surface area (Å²) < 4.78 is 2.28. The van der Waals surface area contributed by atoms with Gasteiger partial charge >= 0.3 is 0 Å². The van der Waals surface area contributed by atoms with E-state index in [-0.39, 0.29) is 11.8 Å². The van der Waals surface area contributed by atoms with Crippen molar-refractivity contribution in [2.24, 2.45) is 0 Å². The number of unbranched alkanes of at least 4 members (excludes halogenated alkanes) is 1. The summed E-state index contributed by atoms with van der Waals surface area (Å²) in [6.45, 7) is 8.07. The number of aryl methyl sites for hydroxylation is 2. The Morgan fingerprint density at radius 1 is 1.07 bits per heavy atom. The van der Waals surface area contributed by atoms with E-state index in [0.717, 1.165) is 25.9 Å². The smallest absolute Gasteiger partial charge is 0.220 e. The third-order valence-electron chi connectivity index (χ3n) is 5.26. The van der Waals surface area contributed by atoms with Crippen LogP contribution in [0.1, 0.15) is 55.7 Å². The highest BCUT2D eigenvalue weighted by Gasteiger charge is 2.22. The highest BCUT2D eigenvalue weighted by Crippen LogP contribution is 2.35. The summed E-state index contributed by atoms with van der Waals surface area (Å²) in [5.41, 5.74) is 4.91. The number of aromatic nitrogens is 1. The van der Waals surface area contributed by atoms with Crippen molar-refractivity contribution in [1.29, 1.82) is 0 Å². The van der Waals surface area contributed by atoms with Gasteiger partial charge in [-0.15, -0.1) is 0 Å². The lowest BCUT2D eigenvalue weighted by Crippen LogP contribution is -2.26. The number of hydrogen-bond donors (Lipinski definition) is 1. The second-order valence-electron chi connectivity index (χ2n) is 7.26. The molecule has 0 aliphatic heterocycles. The molecule has 1 N–H and O–H groups in total. The van der Waals surface area contributed by atoms with E-state index in [4.69, 9.17) is 0 Å². The van der Waals surface area contributed by atoms with Crippen molar-refractivity contribution in [1.82, 2.24) is 9.88 Å². The van der Waals surface area contributed by atoms with Crippen molar-refractivity contribution in [2.75, 3.05) is 6.54 Å². The molecule has 1 aromatic heterocycles. The minimum atomic E-state index is 0.0601. The van der Waals surface area contributed by atoms with E-state index < -0.39 is 0 Å². The maximum Gasteiger partial charge on any atom is 0.220 e. The molecule has 0 saturated heterocycles. The summed E-state index contributed by atoms with van der Waals surface area (Å²) in [5.74, 6) is 0.187. The van der Waals surface area contributed by atoms with Crippen LogP contribution in [0.4, 0.5) is 0 Å². The zero-order valence-corrected chi connectivity index (χ0v) is 16.7. The molecule has 3 heteroatoms. The van der Waals surface area contributed by atoms with Crippen molar-refractivity contribution >= 4 is 16.8 Å². The number of hydrogen-bond acceptors (Lipinski definition) is 1. The van der Waals surface area contributed by atoms with Gasteiger partial charge in [-0.05, 0) is 37.5 Å². The average molecular weight is 363 g/mol. The van der Waals surface area contributed by atoms with Gasteiger partial charge in [-0.25, -0.2) is 0 Å². The van der Waals surface area contributed by atoms with Crippen LogP contribution in [0.15, 0.2) is 54.7 Å². The number of nitrogens with zero attached hydrogens (tertiary/aromatic N) is 1. The molecule has 0 aliphatic carbocycles.